The maximum atomic E-state index is 11.1. The summed E-state index contributed by atoms with van der Waals surface area (Å²) in [6.07, 6.45) is 0. The van der Waals surface area contributed by atoms with Crippen molar-refractivity contribution in [1.82, 2.24) is 0 Å². The Morgan fingerprint density at radius 2 is 1.76 bits per heavy atom. The van der Waals surface area contributed by atoms with E-state index < -0.39 is 5.97 Å². The minimum absolute atomic E-state index is 0.00653. The zero-order valence-electron chi connectivity index (χ0n) is 11.4. The second-order valence-corrected chi connectivity index (χ2v) is 5.14. The van der Waals surface area contributed by atoms with Crippen molar-refractivity contribution in [2.75, 3.05) is 11.4 Å². The van der Waals surface area contributed by atoms with Crippen molar-refractivity contribution >= 4 is 23.3 Å². The van der Waals surface area contributed by atoms with Gasteiger partial charge in [-0.2, -0.15) is 0 Å². The summed E-state index contributed by atoms with van der Waals surface area (Å²) < 4.78 is 0. The molecule has 0 unspecified atom stereocenters. The molecule has 0 atom stereocenters. The van der Waals surface area contributed by atoms with E-state index in [4.69, 9.17) is 21.8 Å². The van der Waals surface area contributed by atoms with Crippen LogP contribution in [0.1, 0.15) is 11.1 Å². The molecule has 0 saturated carbocycles. The number of nitrogens with zero attached hydrogens (tertiary/aromatic N) is 1. The van der Waals surface area contributed by atoms with Crippen molar-refractivity contribution < 1.29 is 15.0 Å². The van der Waals surface area contributed by atoms with Crippen LogP contribution < -0.4 is 4.90 Å². The van der Waals surface area contributed by atoms with E-state index in [2.05, 4.69) is 0 Å². The number of aliphatic carboxylic acids is 1. The lowest BCUT2D eigenvalue weighted by Crippen LogP contribution is -2.29. The maximum Gasteiger partial charge on any atom is 0.323 e. The van der Waals surface area contributed by atoms with Gasteiger partial charge in [0.25, 0.3) is 0 Å². The Morgan fingerprint density at radius 3 is 2.33 bits per heavy atom. The molecule has 0 spiro atoms. The molecule has 0 saturated heterocycles. The molecule has 0 bridgehead atoms. The zero-order valence-corrected chi connectivity index (χ0v) is 12.1. The van der Waals surface area contributed by atoms with Crippen LogP contribution in [0, 0.1) is 0 Å². The van der Waals surface area contributed by atoms with Crippen LogP contribution in [-0.2, 0) is 17.9 Å². The average molecular weight is 306 g/mol. The Morgan fingerprint density at radius 1 is 1.10 bits per heavy atom. The van der Waals surface area contributed by atoms with E-state index in [0.29, 0.717) is 11.6 Å². The fourth-order valence-electron chi connectivity index (χ4n) is 2.05. The van der Waals surface area contributed by atoms with E-state index in [9.17, 15) is 4.79 Å². The topological polar surface area (TPSA) is 60.8 Å². The smallest absolute Gasteiger partial charge is 0.323 e. The highest BCUT2D eigenvalue weighted by Crippen LogP contribution is 2.21. The fourth-order valence-corrected chi connectivity index (χ4v) is 2.23. The summed E-state index contributed by atoms with van der Waals surface area (Å²) in [5.41, 5.74) is 2.55. The van der Waals surface area contributed by atoms with Gasteiger partial charge in [0.1, 0.15) is 6.54 Å². The lowest BCUT2D eigenvalue weighted by molar-refractivity contribution is -0.135. The van der Waals surface area contributed by atoms with Crippen molar-refractivity contribution in [3.05, 3.63) is 64.7 Å². The number of anilines is 1. The first-order chi connectivity index (χ1) is 10.1. The summed E-state index contributed by atoms with van der Waals surface area (Å²) in [6.45, 7) is 0.341. The molecule has 0 heterocycles. The number of carboxylic acids is 1. The van der Waals surface area contributed by atoms with E-state index >= 15 is 0 Å². The molecule has 21 heavy (non-hydrogen) atoms. The molecule has 0 fully saturated rings. The van der Waals surface area contributed by atoms with Gasteiger partial charge in [0.2, 0.25) is 0 Å². The van der Waals surface area contributed by atoms with E-state index in [-0.39, 0.29) is 13.2 Å². The fraction of sp³-hybridized carbons (Fsp3) is 0.188. The second kappa shape index (κ2) is 7.11. The predicted octanol–water partition coefficient (Wildman–Crippen LogP) is 2.92. The normalized spacial score (nSPS) is 10.4. The van der Waals surface area contributed by atoms with Gasteiger partial charge >= 0.3 is 5.97 Å². The third kappa shape index (κ3) is 4.48. The number of aliphatic hydroxyl groups excluding tert-OH is 1. The van der Waals surface area contributed by atoms with Crippen LogP contribution in [0.25, 0.3) is 0 Å². The Labute approximate surface area is 128 Å². The standard InChI is InChI=1S/C16H16ClNO3/c17-14-2-1-3-15(8-14)18(10-16(20)21)9-12-4-6-13(11-19)7-5-12/h1-8,19H,9-11H2,(H,20,21). The van der Waals surface area contributed by atoms with Gasteiger partial charge in [-0.25, -0.2) is 0 Å². The summed E-state index contributed by atoms with van der Waals surface area (Å²) in [5, 5.41) is 18.7. The van der Waals surface area contributed by atoms with Crippen LogP contribution in [0.2, 0.25) is 5.02 Å². The highest BCUT2D eigenvalue weighted by atomic mass is 35.5. The first-order valence-corrected chi connectivity index (χ1v) is 6.87. The minimum atomic E-state index is -0.901. The molecule has 0 radical (unpaired) electrons. The maximum absolute atomic E-state index is 11.1. The van der Waals surface area contributed by atoms with Crippen molar-refractivity contribution in [1.29, 1.82) is 0 Å². The summed E-state index contributed by atoms with van der Waals surface area (Å²) >= 11 is 5.97. The number of carbonyl (C=O) groups is 1. The quantitative estimate of drug-likeness (QED) is 0.861. The predicted molar refractivity (Wildman–Crippen MR) is 82.5 cm³/mol. The van der Waals surface area contributed by atoms with E-state index in [1.807, 2.05) is 30.3 Å². The Balaban J connectivity index is 2.21. The molecule has 0 amide bonds. The van der Waals surface area contributed by atoms with Crippen LogP contribution in [0.3, 0.4) is 0 Å². The third-order valence-corrected chi connectivity index (χ3v) is 3.31. The SMILES string of the molecule is O=C(O)CN(Cc1ccc(CO)cc1)c1cccc(Cl)c1. The van der Waals surface area contributed by atoms with Crippen LogP contribution >= 0.6 is 11.6 Å². The van der Waals surface area contributed by atoms with Gasteiger partial charge in [0.05, 0.1) is 6.61 Å². The first kappa shape index (κ1) is 15.4. The third-order valence-electron chi connectivity index (χ3n) is 3.08. The summed E-state index contributed by atoms with van der Waals surface area (Å²) in [6, 6.07) is 14.5. The largest absolute Gasteiger partial charge is 0.480 e. The van der Waals surface area contributed by atoms with Gasteiger partial charge < -0.3 is 15.1 Å². The summed E-state index contributed by atoms with van der Waals surface area (Å²) in [4.78, 5) is 12.8. The number of aliphatic hydroxyl groups is 1. The monoisotopic (exact) mass is 305 g/mol. The van der Waals surface area contributed by atoms with Crippen molar-refractivity contribution in [2.45, 2.75) is 13.2 Å². The van der Waals surface area contributed by atoms with Crippen LogP contribution in [0.4, 0.5) is 5.69 Å². The van der Waals surface area contributed by atoms with E-state index in [1.165, 1.54) is 0 Å². The van der Waals surface area contributed by atoms with Crippen molar-refractivity contribution in [2.24, 2.45) is 0 Å². The minimum Gasteiger partial charge on any atom is -0.480 e. The van der Waals surface area contributed by atoms with Gasteiger partial charge in [-0.1, -0.05) is 41.9 Å². The van der Waals surface area contributed by atoms with E-state index in [0.717, 1.165) is 16.8 Å². The lowest BCUT2D eigenvalue weighted by atomic mass is 10.1. The average Bonchev–Trinajstić information content (AvgIpc) is 2.47. The summed E-state index contributed by atoms with van der Waals surface area (Å²) in [5.74, 6) is -0.901. The van der Waals surface area contributed by atoms with E-state index in [1.54, 1.807) is 23.1 Å². The molecule has 2 aromatic rings. The molecule has 2 rings (SSSR count). The van der Waals surface area contributed by atoms with Crippen molar-refractivity contribution in [3.63, 3.8) is 0 Å². The highest BCUT2D eigenvalue weighted by Gasteiger charge is 2.12. The Bertz CT molecular complexity index is 613. The second-order valence-electron chi connectivity index (χ2n) is 4.70. The first-order valence-electron chi connectivity index (χ1n) is 6.49. The molecule has 4 nitrogen and oxygen atoms in total. The molecule has 2 aromatic carbocycles. The van der Waals surface area contributed by atoms with Gasteiger partial charge in [-0.15, -0.1) is 0 Å². The number of rotatable bonds is 6. The summed E-state index contributed by atoms with van der Waals surface area (Å²) in [7, 11) is 0. The zero-order chi connectivity index (χ0) is 15.2. The number of halogens is 1. The van der Waals surface area contributed by atoms with Crippen molar-refractivity contribution in [3.8, 4) is 0 Å². The molecule has 0 aliphatic rings. The molecule has 0 aliphatic carbocycles. The molecular weight excluding hydrogens is 290 g/mol. The number of carboxylic acid groups (broad SMARTS) is 1. The van der Waals surface area contributed by atoms with Gasteiger partial charge in [-0.05, 0) is 29.3 Å². The number of hydrogen-bond acceptors (Lipinski definition) is 3. The van der Waals surface area contributed by atoms with Gasteiger partial charge in [-0.3, -0.25) is 4.79 Å². The highest BCUT2D eigenvalue weighted by molar-refractivity contribution is 6.30. The number of benzene rings is 2. The van der Waals surface area contributed by atoms with Crippen LogP contribution in [0.15, 0.2) is 48.5 Å². The number of hydrogen-bond donors (Lipinski definition) is 2. The molecular formula is C16H16ClNO3. The molecule has 2 N–H and O–H groups in total. The Kier molecular flexibility index (Phi) is 5.20. The lowest BCUT2D eigenvalue weighted by Gasteiger charge is -2.23. The Hall–Kier alpha value is -2.04. The molecule has 5 heteroatoms. The molecule has 0 aliphatic heterocycles. The van der Waals surface area contributed by atoms with Gasteiger partial charge in [0.15, 0.2) is 0 Å². The van der Waals surface area contributed by atoms with Crippen LogP contribution in [-0.4, -0.2) is 22.7 Å². The van der Waals surface area contributed by atoms with Gasteiger partial charge in [0, 0.05) is 17.3 Å². The molecule has 0 aromatic heterocycles. The molecule has 110 valence electrons. The van der Waals surface area contributed by atoms with Crippen LogP contribution in [0.5, 0.6) is 0 Å².